The Morgan fingerprint density at radius 3 is 3.00 bits per heavy atom. The molecule has 2 rings (SSSR count). The first-order chi connectivity index (χ1) is 5.67. The van der Waals surface area contributed by atoms with Crippen molar-refractivity contribution in [1.82, 2.24) is 10.2 Å². The second-order valence-electron chi connectivity index (χ2n) is 3.43. The van der Waals surface area contributed by atoms with E-state index in [1.165, 1.54) is 0 Å². The molecule has 5 heteroatoms. The fourth-order valence-electron chi connectivity index (χ4n) is 1.82. The van der Waals surface area contributed by atoms with Crippen LogP contribution in [0.5, 0.6) is 0 Å². The molecule has 0 N–H and O–H groups in total. The molecule has 4 nitrogen and oxygen atoms in total. The third-order valence-electron chi connectivity index (χ3n) is 2.54. The van der Waals surface area contributed by atoms with Crippen molar-refractivity contribution in [3.63, 3.8) is 0 Å². The first-order valence-electron chi connectivity index (χ1n) is 4.25. The van der Waals surface area contributed by atoms with Gasteiger partial charge in [-0.2, -0.15) is 0 Å². The average molecular weight is 189 g/mol. The zero-order chi connectivity index (χ0) is 8.60. The Hall–Kier alpha value is -0.130. The highest BCUT2D eigenvalue weighted by Crippen LogP contribution is 2.13. The Labute approximate surface area is 72.9 Å². The smallest absolute Gasteiger partial charge is 0.153 e. The second-order valence-corrected chi connectivity index (χ2v) is 5.66. The molecule has 2 saturated heterocycles. The number of hydrogen-bond acceptors (Lipinski definition) is 3. The lowest BCUT2D eigenvalue weighted by Gasteiger charge is -2.38. The normalized spacial score (nSPS) is 35.8. The van der Waals surface area contributed by atoms with Crippen molar-refractivity contribution < 1.29 is 8.42 Å². The van der Waals surface area contributed by atoms with Gasteiger partial charge in [0.05, 0.1) is 11.5 Å². The van der Waals surface area contributed by atoms with Crippen LogP contribution in [0.25, 0.3) is 0 Å². The molecular weight excluding hydrogens is 176 g/mol. The van der Waals surface area contributed by atoms with Crippen molar-refractivity contribution >= 4 is 9.84 Å². The number of sulfone groups is 1. The molecule has 2 aliphatic rings. The van der Waals surface area contributed by atoms with E-state index in [2.05, 4.69) is 10.2 Å². The topological polar surface area (TPSA) is 51.5 Å². The average Bonchev–Trinajstić information content (AvgIpc) is 2.02. The maximum atomic E-state index is 11.2. The molecule has 0 spiro atoms. The zero-order valence-electron chi connectivity index (χ0n) is 6.94. The van der Waals surface area contributed by atoms with Gasteiger partial charge in [0.25, 0.3) is 0 Å². The Kier molecular flexibility index (Phi) is 2.10. The molecule has 12 heavy (non-hydrogen) atoms. The van der Waals surface area contributed by atoms with E-state index in [-0.39, 0.29) is 6.04 Å². The fraction of sp³-hybridized carbons (Fsp3) is 1.00. The Morgan fingerprint density at radius 2 is 2.17 bits per heavy atom. The lowest BCUT2D eigenvalue weighted by molar-refractivity contribution is 0.175. The van der Waals surface area contributed by atoms with Gasteiger partial charge in [-0.05, 0) is 0 Å². The molecule has 2 heterocycles. The van der Waals surface area contributed by atoms with Gasteiger partial charge in [0.15, 0.2) is 9.84 Å². The van der Waals surface area contributed by atoms with E-state index in [1.807, 2.05) is 0 Å². The van der Waals surface area contributed by atoms with Gasteiger partial charge in [0.2, 0.25) is 0 Å². The quantitative estimate of drug-likeness (QED) is 0.476. The molecular formula is C7H13N2O2S. The summed E-state index contributed by atoms with van der Waals surface area (Å²) in [5.74, 6) is 0.653. The molecule has 1 unspecified atom stereocenters. The van der Waals surface area contributed by atoms with Gasteiger partial charge in [-0.3, -0.25) is 4.90 Å². The Bertz CT molecular complexity index is 263. The van der Waals surface area contributed by atoms with Gasteiger partial charge in [0.1, 0.15) is 0 Å². The largest absolute Gasteiger partial charge is 0.296 e. The summed E-state index contributed by atoms with van der Waals surface area (Å²) >= 11 is 0. The van der Waals surface area contributed by atoms with Crippen LogP contribution in [-0.4, -0.2) is 57.0 Å². The molecule has 1 radical (unpaired) electrons. The first-order valence-corrected chi connectivity index (χ1v) is 6.07. The van der Waals surface area contributed by atoms with E-state index in [4.69, 9.17) is 0 Å². The second kappa shape index (κ2) is 2.97. The lowest BCUT2D eigenvalue weighted by atomic mass is 10.2. The molecule has 2 fully saturated rings. The number of nitrogens with zero attached hydrogens (tertiary/aromatic N) is 2. The predicted octanol–water partition coefficient (Wildman–Crippen LogP) is -1.30. The van der Waals surface area contributed by atoms with Crippen LogP contribution in [-0.2, 0) is 9.84 Å². The number of fused-ring (bicyclic) bond motifs is 1. The van der Waals surface area contributed by atoms with Crippen LogP contribution in [0.3, 0.4) is 0 Å². The van der Waals surface area contributed by atoms with Crippen molar-refractivity contribution in [2.75, 3.05) is 37.7 Å². The monoisotopic (exact) mass is 189 g/mol. The van der Waals surface area contributed by atoms with Crippen LogP contribution in [0, 0.1) is 0 Å². The van der Waals surface area contributed by atoms with E-state index in [0.29, 0.717) is 24.6 Å². The summed E-state index contributed by atoms with van der Waals surface area (Å²) in [4.78, 5) is 2.24. The summed E-state index contributed by atoms with van der Waals surface area (Å²) in [5.41, 5.74) is 0. The van der Waals surface area contributed by atoms with E-state index < -0.39 is 9.84 Å². The summed E-state index contributed by atoms with van der Waals surface area (Å²) in [6.45, 7) is 3.23. The molecule has 0 saturated carbocycles. The number of piperazine rings is 1. The van der Waals surface area contributed by atoms with Crippen molar-refractivity contribution in [3.05, 3.63) is 0 Å². The third-order valence-corrected chi connectivity index (χ3v) is 4.23. The number of hydrogen-bond donors (Lipinski definition) is 0. The summed E-state index contributed by atoms with van der Waals surface area (Å²) in [7, 11) is -2.75. The molecule has 0 amide bonds. The molecule has 1 atom stereocenters. The first kappa shape index (κ1) is 8.47. The van der Waals surface area contributed by atoms with Crippen LogP contribution >= 0.6 is 0 Å². The van der Waals surface area contributed by atoms with Gasteiger partial charge >= 0.3 is 0 Å². The van der Waals surface area contributed by atoms with Crippen LogP contribution in [0.4, 0.5) is 0 Å². The fourth-order valence-corrected chi connectivity index (χ4v) is 3.40. The lowest BCUT2D eigenvalue weighted by Crippen LogP contribution is -2.56. The predicted molar refractivity (Wildman–Crippen MR) is 45.9 cm³/mol. The molecule has 0 aromatic heterocycles. The molecule has 0 aromatic carbocycles. The molecule has 0 bridgehead atoms. The minimum Gasteiger partial charge on any atom is -0.296 e. The van der Waals surface area contributed by atoms with E-state index in [9.17, 15) is 8.42 Å². The van der Waals surface area contributed by atoms with Crippen LogP contribution in [0.15, 0.2) is 0 Å². The van der Waals surface area contributed by atoms with Crippen LogP contribution < -0.4 is 5.32 Å². The van der Waals surface area contributed by atoms with Crippen molar-refractivity contribution in [2.24, 2.45) is 0 Å². The van der Waals surface area contributed by atoms with E-state index >= 15 is 0 Å². The Morgan fingerprint density at radius 1 is 1.33 bits per heavy atom. The molecule has 2 aliphatic heterocycles. The van der Waals surface area contributed by atoms with Gasteiger partial charge in [-0.15, -0.1) is 0 Å². The highest BCUT2D eigenvalue weighted by Gasteiger charge is 2.32. The zero-order valence-corrected chi connectivity index (χ0v) is 7.76. The third kappa shape index (κ3) is 1.62. The van der Waals surface area contributed by atoms with E-state index in [1.54, 1.807) is 0 Å². The van der Waals surface area contributed by atoms with Gasteiger partial charge in [-0.25, -0.2) is 13.7 Å². The Balaban J connectivity index is 2.08. The highest BCUT2D eigenvalue weighted by molar-refractivity contribution is 7.91. The maximum absolute atomic E-state index is 11.2. The summed E-state index contributed by atoms with van der Waals surface area (Å²) < 4.78 is 22.5. The SMILES string of the molecule is O=S1(=O)CCN2CC[N]CC2C1. The van der Waals surface area contributed by atoms with E-state index in [0.717, 1.165) is 13.1 Å². The standard InChI is InChI=1S/C7H13N2O2S/c10-12(11)4-3-9-2-1-8-5-7(9)6-12/h7H,1-6H2. The summed E-state index contributed by atoms with van der Waals surface area (Å²) in [6.07, 6.45) is 0. The number of rotatable bonds is 0. The van der Waals surface area contributed by atoms with Crippen LogP contribution in [0.2, 0.25) is 0 Å². The van der Waals surface area contributed by atoms with Crippen LogP contribution in [0.1, 0.15) is 0 Å². The maximum Gasteiger partial charge on any atom is 0.153 e. The van der Waals surface area contributed by atoms with Gasteiger partial charge in [-0.1, -0.05) is 0 Å². The van der Waals surface area contributed by atoms with Crippen molar-refractivity contribution in [2.45, 2.75) is 6.04 Å². The summed E-state index contributed by atoms with van der Waals surface area (Å²) in [6, 6.07) is 0.178. The van der Waals surface area contributed by atoms with Crippen molar-refractivity contribution in [3.8, 4) is 0 Å². The minimum atomic E-state index is -2.75. The van der Waals surface area contributed by atoms with Gasteiger partial charge in [0, 0.05) is 32.2 Å². The highest BCUT2D eigenvalue weighted by atomic mass is 32.2. The van der Waals surface area contributed by atoms with Gasteiger partial charge < -0.3 is 0 Å². The molecule has 0 aromatic rings. The molecule has 0 aliphatic carbocycles. The molecule has 69 valence electrons. The summed E-state index contributed by atoms with van der Waals surface area (Å²) in [5, 5.41) is 4.22. The minimum absolute atomic E-state index is 0.178. The van der Waals surface area contributed by atoms with Crippen molar-refractivity contribution in [1.29, 1.82) is 0 Å².